The van der Waals surface area contributed by atoms with Crippen molar-refractivity contribution in [3.8, 4) is 16.9 Å². The fourth-order valence-electron chi connectivity index (χ4n) is 3.82. The first-order valence-corrected chi connectivity index (χ1v) is 9.82. The molecule has 5 heteroatoms. The molecule has 0 aliphatic carbocycles. The highest BCUT2D eigenvalue weighted by molar-refractivity contribution is 5.93. The van der Waals surface area contributed by atoms with Gasteiger partial charge in [0, 0.05) is 29.7 Å². The Kier molecular flexibility index (Phi) is 4.58. The standard InChI is InChI=1S/C24H21N3O2/c28-24-22-12-5-4-11-21(22)23(18-7-2-1-3-8-18)25-27(24)20-10-6-9-19(17-20)26-13-15-29-16-14-26/h1-12,17H,13-16H2. The zero-order valence-electron chi connectivity index (χ0n) is 16.0. The van der Waals surface area contributed by atoms with Gasteiger partial charge < -0.3 is 9.64 Å². The van der Waals surface area contributed by atoms with Gasteiger partial charge in [-0.15, -0.1) is 0 Å². The molecular weight excluding hydrogens is 362 g/mol. The van der Waals surface area contributed by atoms with Gasteiger partial charge in [-0.3, -0.25) is 4.79 Å². The van der Waals surface area contributed by atoms with Crippen LogP contribution in [0.3, 0.4) is 0 Å². The van der Waals surface area contributed by atoms with Gasteiger partial charge in [0.2, 0.25) is 0 Å². The van der Waals surface area contributed by atoms with Crippen LogP contribution in [0.2, 0.25) is 0 Å². The van der Waals surface area contributed by atoms with Crippen LogP contribution in [0.4, 0.5) is 5.69 Å². The first-order valence-electron chi connectivity index (χ1n) is 9.82. The third-order valence-corrected chi connectivity index (χ3v) is 5.30. The van der Waals surface area contributed by atoms with Gasteiger partial charge in [-0.05, 0) is 24.3 Å². The highest BCUT2D eigenvalue weighted by atomic mass is 16.5. The van der Waals surface area contributed by atoms with Crippen LogP contribution in [0.25, 0.3) is 27.7 Å². The summed E-state index contributed by atoms with van der Waals surface area (Å²) in [7, 11) is 0. The summed E-state index contributed by atoms with van der Waals surface area (Å²) in [5, 5.41) is 6.32. The maximum absolute atomic E-state index is 13.3. The van der Waals surface area contributed by atoms with E-state index < -0.39 is 0 Å². The van der Waals surface area contributed by atoms with E-state index in [0.29, 0.717) is 5.39 Å². The van der Waals surface area contributed by atoms with Crippen molar-refractivity contribution < 1.29 is 4.74 Å². The van der Waals surface area contributed by atoms with Crippen LogP contribution < -0.4 is 10.5 Å². The Balaban J connectivity index is 1.70. The van der Waals surface area contributed by atoms with Crippen LogP contribution in [-0.4, -0.2) is 36.1 Å². The molecule has 5 nitrogen and oxygen atoms in total. The zero-order valence-corrected chi connectivity index (χ0v) is 16.0. The molecule has 0 spiro atoms. The monoisotopic (exact) mass is 383 g/mol. The fourth-order valence-corrected chi connectivity index (χ4v) is 3.82. The Bertz CT molecular complexity index is 1210. The van der Waals surface area contributed by atoms with Crippen molar-refractivity contribution in [1.29, 1.82) is 0 Å². The molecule has 5 rings (SSSR count). The topological polar surface area (TPSA) is 47.4 Å². The van der Waals surface area contributed by atoms with Crippen molar-refractivity contribution >= 4 is 16.5 Å². The number of nitrogens with zero attached hydrogens (tertiary/aromatic N) is 3. The molecule has 0 N–H and O–H groups in total. The van der Waals surface area contributed by atoms with Crippen molar-refractivity contribution in [3.63, 3.8) is 0 Å². The number of ether oxygens (including phenoxy) is 1. The summed E-state index contributed by atoms with van der Waals surface area (Å²) in [5.74, 6) is 0. The Hall–Kier alpha value is -3.44. The fraction of sp³-hybridized carbons (Fsp3) is 0.167. The molecule has 0 bridgehead atoms. The summed E-state index contributed by atoms with van der Waals surface area (Å²) >= 11 is 0. The minimum absolute atomic E-state index is 0.112. The Labute approximate surface area is 168 Å². The average Bonchev–Trinajstić information content (AvgIpc) is 2.81. The molecule has 0 saturated carbocycles. The van der Waals surface area contributed by atoms with E-state index >= 15 is 0 Å². The van der Waals surface area contributed by atoms with Crippen molar-refractivity contribution in [1.82, 2.24) is 9.78 Å². The van der Waals surface area contributed by atoms with Gasteiger partial charge in [0.05, 0.1) is 30.0 Å². The normalized spacial score (nSPS) is 14.3. The first kappa shape index (κ1) is 17.6. The van der Waals surface area contributed by atoms with Crippen LogP contribution in [0.1, 0.15) is 0 Å². The Morgan fingerprint density at radius 1 is 0.759 bits per heavy atom. The van der Waals surface area contributed by atoms with Gasteiger partial charge >= 0.3 is 0 Å². The Morgan fingerprint density at radius 3 is 2.24 bits per heavy atom. The van der Waals surface area contributed by atoms with Gasteiger partial charge in [0.1, 0.15) is 0 Å². The molecule has 1 saturated heterocycles. The Morgan fingerprint density at radius 2 is 1.45 bits per heavy atom. The van der Waals surface area contributed by atoms with Gasteiger partial charge in [-0.2, -0.15) is 9.78 Å². The molecular formula is C24H21N3O2. The highest BCUT2D eigenvalue weighted by Crippen LogP contribution is 2.26. The quantitative estimate of drug-likeness (QED) is 0.539. The smallest absolute Gasteiger partial charge is 0.279 e. The molecule has 0 amide bonds. The lowest BCUT2D eigenvalue weighted by molar-refractivity contribution is 0.122. The molecule has 1 aromatic heterocycles. The molecule has 2 heterocycles. The van der Waals surface area contributed by atoms with Crippen molar-refractivity contribution in [3.05, 3.63) is 89.2 Å². The summed E-state index contributed by atoms with van der Waals surface area (Å²) in [6.45, 7) is 3.13. The van der Waals surface area contributed by atoms with E-state index in [0.717, 1.165) is 54.3 Å². The molecule has 4 aromatic rings. The summed E-state index contributed by atoms with van der Waals surface area (Å²) in [6, 6.07) is 25.7. The third-order valence-electron chi connectivity index (χ3n) is 5.30. The van der Waals surface area contributed by atoms with E-state index in [4.69, 9.17) is 9.84 Å². The third kappa shape index (κ3) is 3.30. The SMILES string of the molecule is O=c1c2ccccc2c(-c2ccccc2)nn1-c1cccc(N2CCOCC2)c1. The average molecular weight is 383 g/mol. The van der Waals surface area contributed by atoms with E-state index in [1.807, 2.05) is 72.8 Å². The lowest BCUT2D eigenvalue weighted by Crippen LogP contribution is -2.36. The number of morpholine rings is 1. The lowest BCUT2D eigenvalue weighted by atomic mass is 10.1. The van der Waals surface area contributed by atoms with Gasteiger partial charge in [-0.1, -0.05) is 54.6 Å². The molecule has 0 atom stereocenters. The number of fused-ring (bicyclic) bond motifs is 1. The molecule has 29 heavy (non-hydrogen) atoms. The highest BCUT2D eigenvalue weighted by Gasteiger charge is 2.15. The van der Waals surface area contributed by atoms with Crippen LogP contribution >= 0.6 is 0 Å². The molecule has 1 aliphatic rings. The van der Waals surface area contributed by atoms with Crippen LogP contribution in [-0.2, 0) is 4.74 Å². The number of aromatic nitrogens is 2. The van der Waals surface area contributed by atoms with Crippen molar-refractivity contribution in [2.45, 2.75) is 0 Å². The predicted molar refractivity (Wildman–Crippen MR) is 116 cm³/mol. The molecule has 0 unspecified atom stereocenters. The van der Waals surface area contributed by atoms with E-state index in [1.54, 1.807) is 0 Å². The van der Waals surface area contributed by atoms with Crippen molar-refractivity contribution in [2.75, 3.05) is 31.2 Å². The number of rotatable bonds is 3. The molecule has 144 valence electrons. The van der Waals surface area contributed by atoms with Gasteiger partial charge in [-0.25, -0.2) is 0 Å². The minimum atomic E-state index is -0.112. The number of anilines is 1. The second kappa shape index (κ2) is 7.53. The lowest BCUT2D eigenvalue weighted by Gasteiger charge is -2.29. The molecule has 1 fully saturated rings. The summed E-state index contributed by atoms with van der Waals surface area (Å²) in [4.78, 5) is 15.5. The number of hydrogen-bond donors (Lipinski definition) is 0. The predicted octanol–water partition coefficient (Wildman–Crippen LogP) is 3.89. The number of benzene rings is 3. The van der Waals surface area contributed by atoms with Crippen LogP contribution in [0.5, 0.6) is 0 Å². The maximum Gasteiger partial charge on any atom is 0.279 e. The summed E-state index contributed by atoms with van der Waals surface area (Å²) in [5.41, 5.74) is 3.52. The van der Waals surface area contributed by atoms with E-state index in [-0.39, 0.29) is 5.56 Å². The second-order valence-corrected chi connectivity index (χ2v) is 7.10. The van der Waals surface area contributed by atoms with E-state index in [2.05, 4.69) is 11.0 Å². The summed E-state index contributed by atoms with van der Waals surface area (Å²) < 4.78 is 6.98. The van der Waals surface area contributed by atoms with Crippen molar-refractivity contribution in [2.24, 2.45) is 0 Å². The van der Waals surface area contributed by atoms with Crippen LogP contribution in [0, 0.1) is 0 Å². The van der Waals surface area contributed by atoms with E-state index in [9.17, 15) is 4.79 Å². The molecule has 3 aromatic carbocycles. The number of hydrogen-bond acceptors (Lipinski definition) is 4. The van der Waals surface area contributed by atoms with Gasteiger partial charge in [0.25, 0.3) is 5.56 Å². The minimum Gasteiger partial charge on any atom is -0.378 e. The second-order valence-electron chi connectivity index (χ2n) is 7.10. The first-order chi connectivity index (χ1) is 14.3. The zero-order chi connectivity index (χ0) is 19.6. The van der Waals surface area contributed by atoms with E-state index in [1.165, 1.54) is 4.68 Å². The maximum atomic E-state index is 13.3. The van der Waals surface area contributed by atoms with Crippen LogP contribution in [0.15, 0.2) is 83.7 Å². The molecule has 0 radical (unpaired) electrons. The largest absolute Gasteiger partial charge is 0.378 e. The summed E-state index contributed by atoms with van der Waals surface area (Å²) in [6.07, 6.45) is 0. The van der Waals surface area contributed by atoms with Gasteiger partial charge in [0.15, 0.2) is 0 Å². The molecule has 1 aliphatic heterocycles.